The molecule has 3 unspecified atom stereocenters. The zero-order valence-electron chi connectivity index (χ0n) is 15.1. The Morgan fingerprint density at radius 3 is 2.76 bits per heavy atom. The molecule has 1 aromatic rings. The molecule has 0 amide bonds. The number of nitriles is 1. The molecule has 0 radical (unpaired) electrons. The van der Waals surface area contributed by atoms with Crippen LogP contribution in [0.1, 0.15) is 62.6 Å². The molecule has 2 aliphatic rings. The summed E-state index contributed by atoms with van der Waals surface area (Å²) in [7, 11) is 0. The van der Waals surface area contributed by atoms with E-state index < -0.39 is 0 Å². The average molecular weight is 340 g/mol. The summed E-state index contributed by atoms with van der Waals surface area (Å²) in [5.41, 5.74) is 9.06. The number of hydrazine groups is 1. The molecule has 25 heavy (non-hydrogen) atoms. The number of aryl methyl sites for hydroxylation is 1. The lowest BCUT2D eigenvalue weighted by atomic mass is 9.90. The third-order valence-electron chi connectivity index (χ3n) is 5.82. The lowest BCUT2D eigenvalue weighted by Gasteiger charge is -2.17. The topological polar surface area (TPSA) is 77.0 Å². The van der Waals surface area contributed by atoms with Crippen LogP contribution in [0.5, 0.6) is 0 Å². The standard InChI is InChI=1S/C20H28N4O/c1-3-9-20(12-19(20)22-13-21)10-8-18(25)17-11-16(23-24-17)15-6-4-14(2)5-7-15/h4-7,16-17,19,22-24H,3,8-12H2,1-2H3/t16?,17?,19?,20-/m0/s1. The second kappa shape index (κ2) is 7.55. The highest BCUT2D eigenvalue weighted by molar-refractivity contribution is 5.84. The van der Waals surface area contributed by atoms with Crippen molar-refractivity contribution in [1.29, 1.82) is 5.26 Å². The molecular formula is C20H28N4O. The maximum absolute atomic E-state index is 12.6. The van der Waals surface area contributed by atoms with Crippen LogP contribution in [0.3, 0.4) is 0 Å². The number of rotatable bonds is 8. The van der Waals surface area contributed by atoms with Crippen LogP contribution in [0, 0.1) is 23.8 Å². The number of nitrogens with zero attached hydrogens (tertiary/aromatic N) is 1. The van der Waals surface area contributed by atoms with E-state index in [4.69, 9.17) is 5.26 Å². The maximum Gasteiger partial charge on any atom is 0.176 e. The van der Waals surface area contributed by atoms with Gasteiger partial charge in [-0.1, -0.05) is 43.2 Å². The van der Waals surface area contributed by atoms with Crippen molar-refractivity contribution in [3.63, 3.8) is 0 Å². The van der Waals surface area contributed by atoms with Gasteiger partial charge in [-0.25, -0.2) is 10.9 Å². The normalized spacial score (nSPS) is 30.7. The molecule has 5 heteroatoms. The van der Waals surface area contributed by atoms with Gasteiger partial charge in [0.25, 0.3) is 0 Å². The number of carbonyl (C=O) groups excluding carboxylic acids is 1. The molecule has 3 rings (SSSR count). The largest absolute Gasteiger partial charge is 0.320 e. The van der Waals surface area contributed by atoms with Gasteiger partial charge >= 0.3 is 0 Å². The highest BCUT2D eigenvalue weighted by Gasteiger charge is 2.53. The van der Waals surface area contributed by atoms with E-state index in [0.717, 1.165) is 32.1 Å². The molecule has 3 N–H and O–H groups in total. The number of ketones is 1. The third kappa shape index (κ3) is 4.02. The fourth-order valence-corrected chi connectivity index (χ4v) is 4.14. The lowest BCUT2D eigenvalue weighted by molar-refractivity contribution is -0.121. The summed E-state index contributed by atoms with van der Waals surface area (Å²) < 4.78 is 0. The van der Waals surface area contributed by atoms with E-state index in [0.29, 0.717) is 6.42 Å². The molecule has 0 spiro atoms. The van der Waals surface area contributed by atoms with E-state index >= 15 is 0 Å². The smallest absolute Gasteiger partial charge is 0.176 e. The number of carbonyl (C=O) groups is 1. The van der Waals surface area contributed by atoms with Crippen molar-refractivity contribution in [1.82, 2.24) is 16.2 Å². The molecule has 5 nitrogen and oxygen atoms in total. The second-order valence-electron chi connectivity index (χ2n) is 7.63. The SMILES string of the molecule is CCC[C@]1(CCC(=O)C2CC(c3ccc(C)cc3)NN2)CC1NC#N. The summed E-state index contributed by atoms with van der Waals surface area (Å²) in [6, 6.07) is 8.80. The van der Waals surface area contributed by atoms with Crippen LogP contribution in [0.2, 0.25) is 0 Å². The molecule has 1 aliphatic heterocycles. The van der Waals surface area contributed by atoms with Gasteiger partial charge in [0.2, 0.25) is 0 Å². The molecule has 1 aromatic carbocycles. The molecule has 0 aromatic heterocycles. The first-order valence-electron chi connectivity index (χ1n) is 9.33. The Hall–Kier alpha value is -1.90. The summed E-state index contributed by atoms with van der Waals surface area (Å²) in [5, 5.41) is 11.7. The average Bonchev–Trinajstić information content (AvgIpc) is 3.05. The first-order chi connectivity index (χ1) is 12.1. The van der Waals surface area contributed by atoms with Crippen LogP contribution in [0.25, 0.3) is 0 Å². The van der Waals surface area contributed by atoms with Crippen molar-refractivity contribution in [3.05, 3.63) is 35.4 Å². The van der Waals surface area contributed by atoms with Gasteiger partial charge in [-0.2, -0.15) is 5.26 Å². The minimum atomic E-state index is -0.119. The molecule has 1 saturated carbocycles. The van der Waals surface area contributed by atoms with Crippen molar-refractivity contribution in [2.24, 2.45) is 5.41 Å². The number of benzene rings is 1. The first-order valence-corrected chi connectivity index (χ1v) is 9.33. The van der Waals surface area contributed by atoms with Crippen LogP contribution >= 0.6 is 0 Å². The van der Waals surface area contributed by atoms with Crippen LogP contribution < -0.4 is 16.2 Å². The van der Waals surface area contributed by atoms with Crippen LogP contribution in [0.15, 0.2) is 24.3 Å². The van der Waals surface area contributed by atoms with Crippen LogP contribution in [-0.4, -0.2) is 17.9 Å². The Morgan fingerprint density at radius 2 is 2.08 bits per heavy atom. The number of nitrogens with one attached hydrogen (secondary N) is 3. The van der Waals surface area contributed by atoms with Crippen molar-refractivity contribution < 1.29 is 4.79 Å². The van der Waals surface area contributed by atoms with Crippen molar-refractivity contribution >= 4 is 5.78 Å². The Labute approximate surface area is 150 Å². The Morgan fingerprint density at radius 1 is 1.32 bits per heavy atom. The zero-order valence-corrected chi connectivity index (χ0v) is 15.1. The van der Waals surface area contributed by atoms with E-state index in [-0.39, 0.29) is 29.3 Å². The minimum absolute atomic E-state index is 0.119. The Kier molecular flexibility index (Phi) is 5.41. The second-order valence-corrected chi connectivity index (χ2v) is 7.63. The van der Waals surface area contributed by atoms with E-state index in [2.05, 4.69) is 60.5 Å². The predicted octanol–water partition coefficient (Wildman–Crippen LogP) is 2.88. The third-order valence-corrected chi connectivity index (χ3v) is 5.82. The Balaban J connectivity index is 1.51. The summed E-state index contributed by atoms with van der Waals surface area (Å²) in [4.78, 5) is 12.6. The van der Waals surface area contributed by atoms with E-state index in [1.807, 2.05) is 0 Å². The first kappa shape index (κ1) is 17.9. The molecule has 1 aliphatic carbocycles. The van der Waals surface area contributed by atoms with Crippen LogP contribution in [-0.2, 0) is 4.79 Å². The predicted molar refractivity (Wildman–Crippen MR) is 97.3 cm³/mol. The van der Waals surface area contributed by atoms with Gasteiger partial charge < -0.3 is 5.32 Å². The maximum atomic E-state index is 12.6. The van der Waals surface area contributed by atoms with Gasteiger partial charge in [-0.15, -0.1) is 0 Å². The Bertz CT molecular complexity index is 651. The molecule has 1 heterocycles. The monoisotopic (exact) mass is 340 g/mol. The van der Waals surface area contributed by atoms with Gasteiger partial charge in [0, 0.05) is 18.5 Å². The quantitative estimate of drug-likeness (QED) is 0.501. The fourth-order valence-electron chi connectivity index (χ4n) is 4.14. The van der Waals surface area contributed by atoms with Gasteiger partial charge in [-0.3, -0.25) is 4.79 Å². The molecule has 4 atom stereocenters. The van der Waals surface area contributed by atoms with Crippen molar-refractivity contribution in [2.75, 3.05) is 0 Å². The fraction of sp³-hybridized carbons (Fsp3) is 0.600. The van der Waals surface area contributed by atoms with Gasteiger partial charge in [-0.05, 0) is 43.6 Å². The summed E-state index contributed by atoms with van der Waals surface area (Å²) in [6.07, 6.45) is 7.52. The van der Waals surface area contributed by atoms with Gasteiger partial charge in [0.1, 0.15) is 0 Å². The van der Waals surface area contributed by atoms with E-state index in [1.165, 1.54) is 11.1 Å². The van der Waals surface area contributed by atoms with Gasteiger partial charge in [0.05, 0.1) is 6.04 Å². The molecular weight excluding hydrogens is 312 g/mol. The molecule has 1 saturated heterocycles. The van der Waals surface area contributed by atoms with Crippen LogP contribution in [0.4, 0.5) is 0 Å². The number of hydrogen-bond donors (Lipinski definition) is 3. The van der Waals surface area contributed by atoms with Crippen molar-refractivity contribution in [2.45, 2.75) is 70.5 Å². The van der Waals surface area contributed by atoms with Crippen molar-refractivity contribution in [3.8, 4) is 6.19 Å². The molecule has 0 bridgehead atoms. The summed E-state index contributed by atoms with van der Waals surface area (Å²) in [5.74, 6) is 0.278. The minimum Gasteiger partial charge on any atom is -0.320 e. The van der Waals surface area contributed by atoms with Gasteiger partial charge in [0.15, 0.2) is 12.0 Å². The number of hydrogen-bond acceptors (Lipinski definition) is 5. The summed E-state index contributed by atoms with van der Waals surface area (Å²) >= 11 is 0. The van der Waals surface area contributed by atoms with E-state index in [1.54, 1.807) is 0 Å². The molecule has 134 valence electrons. The lowest BCUT2D eigenvalue weighted by Crippen LogP contribution is -2.36. The number of Topliss-reactive ketones (excluding diaryl/α,β-unsaturated/α-hetero) is 1. The molecule has 2 fully saturated rings. The highest BCUT2D eigenvalue weighted by atomic mass is 16.1. The highest BCUT2D eigenvalue weighted by Crippen LogP contribution is 2.53. The zero-order chi connectivity index (χ0) is 17.9. The summed E-state index contributed by atoms with van der Waals surface area (Å²) in [6.45, 7) is 4.24. The van der Waals surface area contributed by atoms with E-state index in [9.17, 15) is 4.79 Å².